The summed E-state index contributed by atoms with van der Waals surface area (Å²) in [5.74, 6) is 1.11. The van der Waals surface area contributed by atoms with Gasteiger partial charge in [-0.1, -0.05) is 75.4 Å². The molecule has 4 heteroatoms. The van der Waals surface area contributed by atoms with E-state index in [2.05, 4.69) is 55.3 Å². The average molecular weight is 403 g/mol. The molecule has 1 fully saturated rings. The van der Waals surface area contributed by atoms with E-state index in [1.807, 2.05) is 36.4 Å². The zero-order valence-electron chi connectivity index (χ0n) is 17.9. The van der Waals surface area contributed by atoms with Crippen LogP contribution in [0.2, 0.25) is 0 Å². The summed E-state index contributed by atoms with van der Waals surface area (Å²) in [4.78, 5) is 4.40. The minimum absolute atomic E-state index is 0.327. The molecule has 1 atom stereocenters. The fourth-order valence-electron chi connectivity index (χ4n) is 4.17. The predicted molar refractivity (Wildman–Crippen MR) is 120 cm³/mol. The van der Waals surface area contributed by atoms with Crippen molar-refractivity contribution in [3.8, 4) is 5.75 Å². The van der Waals surface area contributed by atoms with Crippen LogP contribution in [0.25, 0.3) is 0 Å². The molecule has 2 heterocycles. The van der Waals surface area contributed by atoms with Crippen molar-refractivity contribution in [2.45, 2.75) is 38.9 Å². The molecule has 3 aromatic rings. The van der Waals surface area contributed by atoms with Crippen LogP contribution in [0.1, 0.15) is 48.9 Å². The van der Waals surface area contributed by atoms with Gasteiger partial charge in [-0.3, -0.25) is 4.98 Å². The summed E-state index contributed by atoms with van der Waals surface area (Å²) >= 11 is 0. The molecule has 0 bridgehead atoms. The zero-order valence-corrected chi connectivity index (χ0v) is 17.9. The van der Waals surface area contributed by atoms with Crippen LogP contribution in [0.3, 0.4) is 0 Å². The molecule has 2 N–H and O–H groups in total. The lowest BCUT2D eigenvalue weighted by Gasteiger charge is -2.52. The van der Waals surface area contributed by atoms with Crippen LogP contribution in [-0.4, -0.2) is 23.2 Å². The number of nitrogens with zero attached hydrogens (tertiary/aromatic N) is 1. The van der Waals surface area contributed by atoms with Crippen molar-refractivity contribution in [3.05, 3.63) is 95.3 Å². The fourth-order valence-corrected chi connectivity index (χ4v) is 4.17. The lowest BCUT2D eigenvalue weighted by molar-refractivity contribution is -0.0770. The summed E-state index contributed by atoms with van der Waals surface area (Å²) in [6.45, 7) is 8.42. The maximum atomic E-state index is 12.1. The summed E-state index contributed by atoms with van der Waals surface area (Å²) in [6.07, 6.45) is 3.46. The van der Waals surface area contributed by atoms with Gasteiger partial charge in [-0.2, -0.15) is 0 Å². The molecule has 1 aliphatic heterocycles. The summed E-state index contributed by atoms with van der Waals surface area (Å²) in [5, 5.41) is 15.5. The summed E-state index contributed by atoms with van der Waals surface area (Å²) in [7, 11) is 0. The van der Waals surface area contributed by atoms with E-state index in [1.54, 1.807) is 12.4 Å². The fraction of sp³-hybridized carbons (Fsp3) is 0.346. The van der Waals surface area contributed by atoms with E-state index in [4.69, 9.17) is 4.74 Å². The second-order valence-electron chi connectivity index (χ2n) is 8.83. The standard InChI is InChI=1S/C26H30N2O2/c1-19(2)21-9-11-22(12-10-21)26(29,25(3)17-28-18-25)23-13-24(15-27-14-23)30-16-20-7-5-4-6-8-20/h4-15,19,28-29H,16-18H2,1-3H3. The lowest BCUT2D eigenvalue weighted by atomic mass is 9.63. The van der Waals surface area contributed by atoms with E-state index >= 15 is 0 Å². The normalized spacial score (nSPS) is 17.2. The first-order chi connectivity index (χ1) is 14.4. The van der Waals surface area contributed by atoms with E-state index in [9.17, 15) is 5.11 Å². The molecular weight excluding hydrogens is 372 g/mol. The van der Waals surface area contributed by atoms with Crippen molar-refractivity contribution in [3.63, 3.8) is 0 Å². The minimum atomic E-state index is -1.16. The quantitative estimate of drug-likeness (QED) is 0.605. The minimum Gasteiger partial charge on any atom is -0.487 e. The highest BCUT2D eigenvalue weighted by molar-refractivity contribution is 5.42. The third-order valence-electron chi connectivity index (χ3n) is 6.28. The first-order valence-corrected chi connectivity index (χ1v) is 10.6. The second kappa shape index (κ2) is 8.21. The number of ether oxygens (including phenoxy) is 1. The van der Waals surface area contributed by atoms with E-state index in [1.165, 1.54) is 5.56 Å². The molecule has 156 valence electrons. The number of hydrogen-bond acceptors (Lipinski definition) is 4. The van der Waals surface area contributed by atoms with Gasteiger partial charge in [0.25, 0.3) is 0 Å². The van der Waals surface area contributed by atoms with Gasteiger partial charge in [0.05, 0.1) is 6.20 Å². The van der Waals surface area contributed by atoms with Gasteiger partial charge < -0.3 is 15.2 Å². The molecule has 1 aliphatic rings. The maximum Gasteiger partial charge on any atom is 0.138 e. The SMILES string of the molecule is CC(C)c1ccc(C(O)(c2cncc(OCc3ccccc3)c2)C2(C)CNC2)cc1. The molecule has 2 aromatic carbocycles. The number of nitrogens with one attached hydrogen (secondary N) is 1. The molecule has 0 amide bonds. The molecule has 4 rings (SSSR count). The Bertz CT molecular complexity index is 981. The maximum absolute atomic E-state index is 12.1. The third kappa shape index (κ3) is 3.73. The van der Waals surface area contributed by atoms with E-state index < -0.39 is 5.60 Å². The predicted octanol–water partition coefficient (Wildman–Crippen LogP) is 4.63. The average Bonchev–Trinajstić information content (AvgIpc) is 2.76. The monoisotopic (exact) mass is 402 g/mol. The largest absolute Gasteiger partial charge is 0.487 e. The summed E-state index contributed by atoms with van der Waals surface area (Å²) in [6, 6.07) is 20.3. The van der Waals surface area contributed by atoms with Crippen LogP contribution < -0.4 is 10.1 Å². The zero-order chi connectivity index (χ0) is 21.2. The summed E-state index contributed by atoms with van der Waals surface area (Å²) in [5.41, 5.74) is 2.51. The van der Waals surface area contributed by atoms with Crippen LogP contribution in [0.15, 0.2) is 73.1 Å². The van der Waals surface area contributed by atoms with Crippen LogP contribution in [0.5, 0.6) is 5.75 Å². The Morgan fingerprint density at radius 3 is 2.33 bits per heavy atom. The third-order valence-corrected chi connectivity index (χ3v) is 6.28. The van der Waals surface area contributed by atoms with Crippen LogP contribution in [-0.2, 0) is 12.2 Å². The van der Waals surface area contributed by atoms with Crippen molar-refractivity contribution in [2.75, 3.05) is 13.1 Å². The van der Waals surface area contributed by atoms with Gasteiger partial charge in [0, 0.05) is 30.3 Å². The Labute approximate surface area is 179 Å². The van der Waals surface area contributed by atoms with Gasteiger partial charge in [0.2, 0.25) is 0 Å². The Morgan fingerprint density at radius 2 is 1.73 bits per heavy atom. The lowest BCUT2D eigenvalue weighted by Crippen LogP contribution is -2.63. The van der Waals surface area contributed by atoms with Crippen molar-refractivity contribution in [1.82, 2.24) is 10.3 Å². The Hall–Kier alpha value is -2.69. The highest BCUT2D eigenvalue weighted by Gasteiger charge is 2.53. The first-order valence-electron chi connectivity index (χ1n) is 10.6. The number of hydrogen-bond donors (Lipinski definition) is 2. The molecular formula is C26H30N2O2. The number of pyridine rings is 1. The Balaban J connectivity index is 1.68. The van der Waals surface area contributed by atoms with Crippen molar-refractivity contribution in [2.24, 2.45) is 5.41 Å². The van der Waals surface area contributed by atoms with Crippen molar-refractivity contribution < 1.29 is 9.84 Å². The van der Waals surface area contributed by atoms with Crippen molar-refractivity contribution >= 4 is 0 Å². The molecule has 0 spiro atoms. The highest BCUT2D eigenvalue weighted by Crippen LogP contribution is 2.48. The second-order valence-corrected chi connectivity index (χ2v) is 8.83. The highest BCUT2D eigenvalue weighted by atomic mass is 16.5. The van der Waals surface area contributed by atoms with E-state index in [-0.39, 0.29) is 5.41 Å². The number of aliphatic hydroxyl groups is 1. The molecule has 1 saturated heterocycles. The van der Waals surface area contributed by atoms with Gasteiger partial charge in [0.15, 0.2) is 0 Å². The smallest absolute Gasteiger partial charge is 0.138 e. The van der Waals surface area contributed by atoms with Crippen LogP contribution >= 0.6 is 0 Å². The van der Waals surface area contributed by atoms with E-state index in [0.717, 1.165) is 29.8 Å². The van der Waals surface area contributed by atoms with Crippen LogP contribution in [0.4, 0.5) is 0 Å². The van der Waals surface area contributed by atoms with Gasteiger partial charge in [0.1, 0.15) is 18.0 Å². The van der Waals surface area contributed by atoms with Crippen LogP contribution in [0, 0.1) is 5.41 Å². The summed E-state index contributed by atoms with van der Waals surface area (Å²) < 4.78 is 5.99. The molecule has 0 radical (unpaired) electrons. The van der Waals surface area contributed by atoms with Gasteiger partial charge in [-0.25, -0.2) is 0 Å². The number of benzene rings is 2. The molecule has 1 aromatic heterocycles. The molecule has 4 nitrogen and oxygen atoms in total. The van der Waals surface area contributed by atoms with Gasteiger partial charge in [-0.05, 0) is 28.7 Å². The van der Waals surface area contributed by atoms with Gasteiger partial charge in [-0.15, -0.1) is 0 Å². The number of aromatic nitrogens is 1. The first kappa shape index (κ1) is 20.6. The Kier molecular flexibility index (Phi) is 5.63. The van der Waals surface area contributed by atoms with Crippen molar-refractivity contribution in [1.29, 1.82) is 0 Å². The molecule has 30 heavy (non-hydrogen) atoms. The van der Waals surface area contributed by atoms with Gasteiger partial charge >= 0.3 is 0 Å². The molecule has 0 saturated carbocycles. The Morgan fingerprint density at radius 1 is 1.03 bits per heavy atom. The molecule has 1 unspecified atom stereocenters. The topological polar surface area (TPSA) is 54.4 Å². The van der Waals surface area contributed by atoms with E-state index in [0.29, 0.717) is 18.3 Å². The molecule has 0 aliphatic carbocycles. The number of rotatable bonds is 7.